The second kappa shape index (κ2) is 7.62. The van der Waals surface area contributed by atoms with Crippen molar-refractivity contribution in [3.63, 3.8) is 0 Å². The molecular weight excluding hydrogens is 262 g/mol. The van der Waals surface area contributed by atoms with Crippen LogP contribution in [0.15, 0.2) is 30.3 Å². The second-order valence-electron chi connectivity index (χ2n) is 4.33. The van der Waals surface area contributed by atoms with Gasteiger partial charge in [0.05, 0.1) is 12.4 Å². The van der Waals surface area contributed by atoms with Crippen LogP contribution in [0.3, 0.4) is 0 Å². The molecule has 1 atom stereocenters. The molecule has 1 heterocycles. The highest BCUT2D eigenvalue weighted by Crippen LogP contribution is 2.22. The Balaban J connectivity index is 0.000000861. The van der Waals surface area contributed by atoms with Gasteiger partial charge in [0.1, 0.15) is 0 Å². The SMILES string of the molecule is CC.O=S(=O)(Cc1ccccc1)N1CCCC1CO. The summed E-state index contributed by atoms with van der Waals surface area (Å²) in [4.78, 5) is 0. The van der Waals surface area contributed by atoms with Gasteiger partial charge in [0, 0.05) is 12.6 Å². The lowest BCUT2D eigenvalue weighted by atomic mass is 10.2. The van der Waals surface area contributed by atoms with Gasteiger partial charge in [-0.25, -0.2) is 8.42 Å². The van der Waals surface area contributed by atoms with Crippen molar-refractivity contribution in [2.45, 2.75) is 38.5 Å². The van der Waals surface area contributed by atoms with Crippen molar-refractivity contribution in [2.24, 2.45) is 0 Å². The number of hydrogen-bond acceptors (Lipinski definition) is 3. The van der Waals surface area contributed by atoms with Crippen LogP contribution >= 0.6 is 0 Å². The number of hydrogen-bond donors (Lipinski definition) is 1. The van der Waals surface area contributed by atoms with E-state index in [-0.39, 0.29) is 18.4 Å². The number of sulfonamides is 1. The zero-order valence-corrected chi connectivity index (χ0v) is 12.4. The predicted molar refractivity (Wildman–Crippen MR) is 77.2 cm³/mol. The number of aliphatic hydroxyl groups is 1. The van der Waals surface area contributed by atoms with Gasteiger partial charge in [0.25, 0.3) is 0 Å². The van der Waals surface area contributed by atoms with E-state index in [9.17, 15) is 8.42 Å². The molecule has 1 aliphatic heterocycles. The van der Waals surface area contributed by atoms with Gasteiger partial charge in [-0.1, -0.05) is 44.2 Å². The van der Waals surface area contributed by atoms with Gasteiger partial charge in [-0.15, -0.1) is 0 Å². The Morgan fingerprint density at radius 2 is 1.89 bits per heavy atom. The monoisotopic (exact) mass is 285 g/mol. The highest BCUT2D eigenvalue weighted by molar-refractivity contribution is 7.88. The van der Waals surface area contributed by atoms with Crippen molar-refractivity contribution < 1.29 is 13.5 Å². The lowest BCUT2D eigenvalue weighted by molar-refractivity contribution is 0.213. The molecule has 0 spiro atoms. The van der Waals surface area contributed by atoms with E-state index in [0.29, 0.717) is 6.54 Å². The summed E-state index contributed by atoms with van der Waals surface area (Å²) in [6, 6.07) is 8.91. The van der Waals surface area contributed by atoms with Crippen LogP contribution in [-0.2, 0) is 15.8 Å². The first-order chi connectivity index (χ1) is 9.13. The Hall–Kier alpha value is -0.910. The van der Waals surface area contributed by atoms with E-state index < -0.39 is 10.0 Å². The van der Waals surface area contributed by atoms with Crippen molar-refractivity contribution in [3.05, 3.63) is 35.9 Å². The third kappa shape index (κ3) is 4.30. The van der Waals surface area contributed by atoms with Crippen molar-refractivity contribution in [1.82, 2.24) is 4.31 Å². The molecule has 0 amide bonds. The molecule has 5 heteroatoms. The number of nitrogens with zero attached hydrogens (tertiary/aromatic N) is 1. The fourth-order valence-corrected chi connectivity index (χ4v) is 4.04. The summed E-state index contributed by atoms with van der Waals surface area (Å²) in [5.41, 5.74) is 0.788. The quantitative estimate of drug-likeness (QED) is 0.920. The van der Waals surface area contributed by atoms with E-state index in [0.717, 1.165) is 18.4 Å². The lowest BCUT2D eigenvalue weighted by Crippen LogP contribution is -2.38. The Labute approximate surface area is 116 Å². The fraction of sp³-hybridized carbons (Fsp3) is 0.571. The number of rotatable bonds is 4. The van der Waals surface area contributed by atoms with Crippen molar-refractivity contribution in [2.75, 3.05) is 13.2 Å². The molecule has 0 aliphatic carbocycles. The van der Waals surface area contributed by atoms with Crippen LogP contribution in [0.1, 0.15) is 32.3 Å². The molecular formula is C14H23NO3S. The largest absolute Gasteiger partial charge is 0.395 e. The predicted octanol–water partition coefficient (Wildman–Crippen LogP) is 2.00. The maximum Gasteiger partial charge on any atom is 0.218 e. The Morgan fingerprint density at radius 1 is 1.26 bits per heavy atom. The minimum Gasteiger partial charge on any atom is -0.395 e. The maximum absolute atomic E-state index is 12.2. The third-order valence-electron chi connectivity index (χ3n) is 3.08. The van der Waals surface area contributed by atoms with Crippen molar-refractivity contribution >= 4 is 10.0 Å². The van der Waals surface area contributed by atoms with E-state index in [4.69, 9.17) is 5.11 Å². The summed E-state index contributed by atoms with van der Waals surface area (Å²) in [7, 11) is -3.30. The van der Waals surface area contributed by atoms with E-state index in [1.807, 2.05) is 44.2 Å². The van der Waals surface area contributed by atoms with Crippen molar-refractivity contribution in [3.8, 4) is 0 Å². The van der Waals surface area contributed by atoms with Crippen LogP contribution in [0, 0.1) is 0 Å². The Morgan fingerprint density at radius 3 is 2.47 bits per heavy atom. The van der Waals surface area contributed by atoms with E-state index in [2.05, 4.69) is 0 Å². The summed E-state index contributed by atoms with van der Waals surface area (Å²) < 4.78 is 25.8. The zero-order chi connectivity index (χ0) is 14.3. The minimum atomic E-state index is -3.30. The molecule has 0 radical (unpaired) electrons. The molecule has 0 aromatic heterocycles. The minimum absolute atomic E-state index is 0.0182. The fourth-order valence-electron chi connectivity index (χ4n) is 2.23. The first-order valence-corrected chi connectivity index (χ1v) is 8.39. The molecule has 1 aliphatic rings. The molecule has 19 heavy (non-hydrogen) atoms. The van der Waals surface area contributed by atoms with E-state index >= 15 is 0 Å². The van der Waals surface area contributed by atoms with Gasteiger partial charge in [0.15, 0.2) is 0 Å². The molecule has 1 N–H and O–H groups in total. The van der Waals surface area contributed by atoms with Gasteiger partial charge < -0.3 is 5.11 Å². The molecule has 0 saturated carbocycles. The van der Waals surface area contributed by atoms with Crippen LogP contribution in [0.25, 0.3) is 0 Å². The zero-order valence-electron chi connectivity index (χ0n) is 11.6. The molecule has 4 nitrogen and oxygen atoms in total. The summed E-state index contributed by atoms with van der Waals surface area (Å²) in [5, 5.41) is 9.16. The first-order valence-electron chi connectivity index (χ1n) is 6.78. The maximum atomic E-state index is 12.2. The molecule has 108 valence electrons. The van der Waals surface area contributed by atoms with Gasteiger partial charge in [-0.2, -0.15) is 4.31 Å². The summed E-state index contributed by atoms with van der Waals surface area (Å²) in [5.74, 6) is 0.0182. The average Bonchev–Trinajstić information content (AvgIpc) is 2.91. The van der Waals surface area contributed by atoms with Crippen LogP contribution in [0.4, 0.5) is 0 Å². The van der Waals surface area contributed by atoms with Gasteiger partial charge in [0.2, 0.25) is 10.0 Å². The highest BCUT2D eigenvalue weighted by Gasteiger charge is 2.33. The summed E-state index contributed by atoms with van der Waals surface area (Å²) in [6.45, 7) is 4.44. The van der Waals surface area contributed by atoms with Gasteiger partial charge in [-0.05, 0) is 18.4 Å². The Kier molecular flexibility index (Phi) is 6.48. The van der Waals surface area contributed by atoms with Crippen molar-refractivity contribution in [1.29, 1.82) is 0 Å². The molecule has 1 unspecified atom stereocenters. The smallest absolute Gasteiger partial charge is 0.218 e. The Bertz CT molecular complexity index is 459. The van der Waals surface area contributed by atoms with Crippen LogP contribution in [0.5, 0.6) is 0 Å². The molecule has 0 bridgehead atoms. The van der Waals surface area contributed by atoms with E-state index in [1.54, 1.807) is 0 Å². The normalized spacial score (nSPS) is 19.8. The highest BCUT2D eigenvalue weighted by atomic mass is 32.2. The molecule has 1 aromatic carbocycles. The van der Waals surface area contributed by atoms with Gasteiger partial charge >= 0.3 is 0 Å². The van der Waals surface area contributed by atoms with Crippen LogP contribution in [-0.4, -0.2) is 37.0 Å². The number of aliphatic hydroxyl groups excluding tert-OH is 1. The average molecular weight is 285 g/mol. The number of benzene rings is 1. The lowest BCUT2D eigenvalue weighted by Gasteiger charge is -2.22. The summed E-state index contributed by atoms with van der Waals surface area (Å²) in [6.07, 6.45) is 1.59. The summed E-state index contributed by atoms with van der Waals surface area (Å²) >= 11 is 0. The molecule has 1 aromatic rings. The molecule has 1 fully saturated rings. The van der Waals surface area contributed by atoms with Crippen LogP contribution < -0.4 is 0 Å². The molecule has 1 saturated heterocycles. The second-order valence-corrected chi connectivity index (χ2v) is 6.25. The first kappa shape index (κ1) is 16.1. The van der Waals surface area contributed by atoms with E-state index in [1.165, 1.54) is 4.31 Å². The molecule has 2 rings (SSSR count). The topological polar surface area (TPSA) is 57.6 Å². The third-order valence-corrected chi connectivity index (χ3v) is 4.98. The van der Waals surface area contributed by atoms with Gasteiger partial charge in [-0.3, -0.25) is 0 Å². The standard InChI is InChI=1S/C12H17NO3S.C2H6/c14-9-12-7-4-8-13(12)17(15,16)10-11-5-2-1-3-6-11;1-2/h1-3,5-6,12,14H,4,7-10H2;1-2H3. The van der Waals surface area contributed by atoms with Crippen LogP contribution in [0.2, 0.25) is 0 Å².